The van der Waals surface area contributed by atoms with Crippen LogP contribution in [-0.2, 0) is 6.54 Å². The normalized spacial score (nSPS) is 11.2. The third-order valence-electron chi connectivity index (χ3n) is 3.42. The van der Waals surface area contributed by atoms with Crippen LogP contribution in [0.2, 0.25) is 0 Å². The fourth-order valence-electron chi connectivity index (χ4n) is 2.26. The molecule has 0 unspecified atom stereocenters. The minimum Gasteiger partial charge on any atom is -0.492 e. The van der Waals surface area contributed by atoms with E-state index in [1.807, 2.05) is 13.0 Å². The number of alkyl halides is 2. The topological polar surface area (TPSA) is 57.8 Å². The Hall–Kier alpha value is -2.77. The zero-order valence-electron chi connectivity index (χ0n) is 13.1. The molecule has 3 heterocycles. The average molecular weight is 333 g/mol. The van der Waals surface area contributed by atoms with Crippen LogP contribution >= 0.6 is 0 Å². The van der Waals surface area contributed by atoms with E-state index in [2.05, 4.69) is 15.1 Å². The van der Waals surface area contributed by atoms with Crippen LogP contribution < -0.4 is 4.74 Å². The van der Waals surface area contributed by atoms with Crippen molar-refractivity contribution in [1.82, 2.24) is 24.3 Å². The Bertz CT molecular complexity index is 799. The summed E-state index contributed by atoms with van der Waals surface area (Å²) in [6.45, 7) is 0.205. The second-order valence-electron chi connectivity index (χ2n) is 5.21. The van der Waals surface area contributed by atoms with Gasteiger partial charge in [-0.05, 0) is 12.5 Å². The van der Waals surface area contributed by atoms with E-state index < -0.39 is 6.55 Å². The molecular weight excluding hydrogens is 316 g/mol. The summed E-state index contributed by atoms with van der Waals surface area (Å²) in [5.74, 6) is 0.938. The summed E-state index contributed by atoms with van der Waals surface area (Å²) in [5.41, 5.74) is 1.69. The summed E-state index contributed by atoms with van der Waals surface area (Å²) in [6.07, 6.45) is 10.3. The van der Waals surface area contributed by atoms with Gasteiger partial charge in [-0.15, -0.1) is 0 Å². The quantitative estimate of drug-likeness (QED) is 0.665. The lowest BCUT2D eigenvalue weighted by atomic mass is 10.2. The molecule has 0 fully saturated rings. The van der Waals surface area contributed by atoms with Gasteiger partial charge in [0.05, 0.1) is 25.5 Å². The Kier molecular flexibility index (Phi) is 4.83. The third-order valence-corrected chi connectivity index (χ3v) is 3.42. The summed E-state index contributed by atoms with van der Waals surface area (Å²) in [6, 6.07) is 1.88. The van der Waals surface area contributed by atoms with E-state index in [4.69, 9.17) is 4.74 Å². The van der Waals surface area contributed by atoms with E-state index in [1.165, 1.54) is 12.4 Å². The van der Waals surface area contributed by atoms with Gasteiger partial charge in [0, 0.05) is 35.9 Å². The number of halogens is 2. The lowest BCUT2D eigenvalue weighted by Gasteiger charge is -2.06. The fraction of sp³-hybridized carbons (Fsp3) is 0.312. The molecule has 0 aliphatic rings. The second kappa shape index (κ2) is 7.20. The number of rotatable bonds is 7. The standard InChI is InChI=1S/C16H17F2N5O/c1-2-5-24-14-6-12(7-19-9-14)13-8-21-22(10-13)11-15-20-3-4-23(15)16(17)18/h3-4,6-10,16H,2,5,11H2,1H3. The van der Waals surface area contributed by atoms with Gasteiger partial charge in [0.15, 0.2) is 0 Å². The lowest BCUT2D eigenvalue weighted by molar-refractivity contribution is 0.0665. The van der Waals surface area contributed by atoms with Crippen LogP contribution in [-0.4, -0.2) is 30.9 Å². The monoisotopic (exact) mass is 333 g/mol. The highest BCUT2D eigenvalue weighted by Gasteiger charge is 2.12. The van der Waals surface area contributed by atoms with Crippen molar-refractivity contribution in [2.45, 2.75) is 26.4 Å². The van der Waals surface area contributed by atoms with Crippen LogP contribution in [0.5, 0.6) is 5.75 Å². The largest absolute Gasteiger partial charge is 0.492 e. The van der Waals surface area contributed by atoms with E-state index in [0.29, 0.717) is 12.4 Å². The van der Waals surface area contributed by atoms with Crippen molar-refractivity contribution in [2.75, 3.05) is 6.61 Å². The van der Waals surface area contributed by atoms with Crippen molar-refractivity contribution >= 4 is 0 Å². The molecule has 3 rings (SSSR count). The first-order valence-electron chi connectivity index (χ1n) is 7.58. The molecule has 0 aromatic carbocycles. The van der Waals surface area contributed by atoms with E-state index in [-0.39, 0.29) is 12.4 Å². The number of hydrogen-bond donors (Lipinski definition) is 0. The van der Waals surface area contributed by atoms with E-state index >= 15 is 0 Å². The van der Waals surface area contributed by atoms with Gasteiger partial charge in [-0.2, -0.15) is 13.9 Å². The van der Waals surface area contributed by atoms with Crippen molar-refractivity contribution in [1.29, 1.82) is 0 Å². The SMILES string of the molecule is CCCOc1cncc(-c2cnn(Cc3nccn3C(F)F)c2)c1. The van der Waals surface area contributed by atoms with Crippen LogP contribution in [0.1, 0.15) is 25.7 Å². The van der Waals surface area contributed by atoms with Crippen LogP contribution in [0, 0.1) is 0 Å². The maximum atomic E-state index is 12.9. The van der Waals surface area contributed by atoms with Crippen molar-refractivity contribution in [3.05, 3.63) is 49.1 Å². The highest BCUT2D eigenvalue weighted by Crippen LogP contribution is 2.22. The summed E-state index contributed by atoms with van der Waals surface area (Å²) >= 11 is 0. The van der Waals surface area contributed by atoms with Gasteiger partial charge < -0.3 is 4.74 Å². The molecule has 0 saturated heterocycles. The highest BCUT2D eigenvalue weighted by molar-refractivity contribution is 5.62. The number of imidazole rings is 1. The zero-order valence-corrected chi connectivity index (χ0v) is 13.1. The molecule has 6 nitrogen and oxygen atoms in total. The van der Waals surface area contributed by atoms with Gasteiger partial charge in [-0.1, -0.05) is 6.92 Å². The predicted molar refractivity (Wildman–Crippen MR) is 83.8 cm³/mol. The summed E-state index contributed by atoms with van der Waals surface area (Å²) in [7, 11) is 0. The first-order valence-corrected chi connectivity index (χ1v) is 7.58. The first kappa shape index (κ1) is 16.1. The molecule has 126 valence electrons. The second-order valence-corrected chi connectivity index (χ2v) is 5.21. The van der Waals surface area contributed by atoms with Crippen molar-refractivity contribution in [3.63, 3.8) is 0 Å². The number of pyridine rings is 1. The molecule has 0 spiro atoms. The maximum Gasteiger partial charge on any atom is 0.319 e. The Morgan fingerprint density at radius 3 is 2.88 bits per heavy atom. The number of hydrogen-bond acceptors (Lipinski definition) is 4. The van der Waals surface area contributed by atoms with Gasteiger partial charge in [-0.3, -0.25) is 14.2 Å². The Morgan fingerprint density at radius 1 is 1.21 bits per heavy atom. The molecule has 0 atom stereocenters. The van der Waals surface area contributed by atoms with Gasteiger partial charge in [0.1, 0.15) is 11.6 Å². The number of ether oxygens (including phenoxy) is 1. The van der Waals surface area contributed by atoms with Crippen LogP contribution in [0.15, 0.2) is 43.2 Å². The van der Waals surface area contributed by atoms with Crippen LogP contribution in [0.25, 0.3) is 11.1 Å². The average Bonchev–Trinajstić information content (AvgIpc) is 3.23. The molecule has 0 aliphatic heterocycles. The smallest absolute Gasteiger partial charge is 0.319 e. The molecule has 3 aromatic heterocycles. The molecule has 0 amide bonds. The Balaban J connectivity index is 1.77. The van der Waals surface area contributed by atoms with Crippen molar-refractivity contribution < 1.29 is 13.5 Å². The minimum absolute atomic E-state index is 0.163. The molecule has 0 aliphatic carbocycles. The van der Waals surface area contributed by atoms with Crippen LogP contribution in [0.3, 0.4) is 0 Å². The molecule has 0 saturated carbocycles. The highest BCUT2D eigenvalue weighted by atomic mass is 19.3. The Morgan fingerprint density at radius 2 is 2.08 bits per heavy atom. The van der Waals surface area contributed by atoms with E-state index in [1.54, 1.807) is 29.5 Å². The number of nitrogens with zero attached hydrogens (tertiary/aromatic N) is 5. The van der Waals surface area contributed by atoms with Crippen LogP contribution in [0.4, 0.5) is 8.78 Å². The predicted octanol–water partition coefficient (Wildman–Crippen LogP) is 3.37. The summed E-state index contributed by atoms with van der Waals surface area (Å²) in [4.78, 5) is 8.11. The van der Waals surface area contributed by atoms with Crippen molar-refractivity contribution in [3.8, 4) is 16.9 Å². The zero-order chi connectivity index (χ0) is 16.9. The van der Waals surface area contributed by atoms with Gasteiger partial charge in [-0.25, -0.2) is 4.98 Å². The van der Waals surface area contributed by atoms with Gasteiger partial charge >= 0.3 is 6.55 Å². The molecule has 8 heteroatoms. The van der Waals surface area contributed by atoms with E-state index in [0.717, 1.165) is 22.1 Å². The molecule has 0 N–H and O–H groups in total. The van der Waals surface area contributed by atoms with Gasteiger partial charge in [0.25, 0.3) is 0 Å². The van der Waals surface area contributed by atoms with E-state index in [9.17, 15) is 8.78 Å². The van der Waals surface area contributed by atoms with Gasteiger partial charge in [0.2, 0.25) is 0 Å². The molecular formula is C16H17F2N5O. The molecule has 0 radical (unpaired) electrons. The first-order chi connectivity index (χ1) is 11.7. The van der Waals surface area contributed by atoms with Crippen molar-refractivity contribution in [2.24, 2.45) is 0 Å². The minimum atomic E-state index is -2.62. The molecule has 0 bridgehead atoms. The number of aromatic nitrogens is 5. The Labute approximate surface area is 137 Å². The molecule has 24 heavy (non-hydrogen) atoms. The third kappa shape index (κ3) is 3.58. The summed E-state index contributed by atoms with van der Waals surface area (Å²) in [5, 5.41) is 4.21. The maximum absolute atomic E-state index is 12.9. The summed E-state index contributed by atoms with van der Waals surface area (Å²) < 4.78 is 33.7. The fourth-order valence-corrected chi connectivity index (χ4v) is 2.26. The lowest BCUT2D eigenvalue weighted by Crippen LogP contribution is -2.09. The molecule has 3 aromatic rings.